The van der Waals surface area contributed by atoms with Crippen LogP contribution in [0.2, 0.25) is 0 Å². The second-order valence-electron chi connectivity index (χ2n) is 4.74. The van der Waals surface area contributed by atoms with E-state index >= 15 is 0 Å². The van der Waals surface area contributed by atoms with Crippen molar-refractivity contribution in [2.75, 3.05) is 5.43 Å². The number of amides is 1. The highest BCUT2D eigenvalue weighted by Crippen LogP contribution is 2.21. The number of nitrogens with zero attached hydrogens (tertiary/aromatic N) is 2. The van der Waals surface area contributed by atoms with Gasteiger partial charge in [0.2, 0.25) is 0 Å². The number of thiazole rings is 1. The Morgan fingerprint density at radius 3 is 2.86 bits per heavy atom. The molecule has 21 heavy (non-hydrogen) atoms. The van der Waals surface area contributed by atoms with Crippen molar-refractivity contribution in [1.82, 2.24) is 15.3 Å². The van der Waals surface area contributed by atoms with Gasteiger partial charge < -0.3 is 10.7 Å². The van der Waals surface area contributed by atoms with Crippen molar-refractivity contribution < 1.29 is 4.79 Å². The highest BCUT2D eigenvalue weighted by molar-refractivity contribution is 7.11. The number of nitrogens with one attached hydrogen (secondary N) is 2. The van der Waals surface area contributed by atoms with Crippen LogP contribution in [0.5, 0.6) is 0 Å². The summed E-state index contributed by atoms with van der Waals surface area (Å²) in [6.07, 6.45) is 2.81. The molecule has 1 atom stereocenters. The molecule has 0 saturated carbocycles. The third kappa shape index (κ3) is 3.77. The minimum atomic E-state index is -0.169. The number of hydrogen-bond donors (Lipinski definition) is 3. The number of hydrazine groups is 1. The highest BCUT2D eigenvalue weighted by atomic mass is 32.1. The first kappa shape index (κ1) is 15.4. The normalized spacial score (nSPS) is 12.0. The van der Waals surface area contributed by atoms with Gasteiger partial charge in [-0.3, -0.25) is 4.79 Å². The smallest absolute Gasteiger partial charge is 0.252 e. The van der Waals surface area contributed by atoms with Crippen molar-refractivity contribution in [3.8, 4) is 0 Å². The number of hydrogen-bond acceptors (Lipinski definition) is 6. The lowest BCUT2D eigenvalue weighted by Crippen LogP contribution is -2.27. The van der Waals surface area contributed by atoms with Crippen molar-refractivity contribution in [3.63, 3.8) is 0 Å². The van der Waals surface area contributed by atoms with Crippen LogP contribution in [0.3, 0.4) is 0 Å². The van der Waals surface area contributed by atoms with Crippen LogP contribution in [0.4, 0.5) is 5.82 Å². The molecule has 0 spiro atoms. The van der Waals surface area contributed by atoms with Crippen molar-refractivity contribution >= 4 is 23.1 Å². The van der Waals surface area contributed by atoms with Gasteiger partial charge in [0.25, 0.3) is 5.91 Å². The molecule has 0 radical (unpaired) electrons. The topological polar surface area (TPSA) is 92.9 Å². The number of aromatic nitrogens is 2. The summed E-state index contributed by atoms with van der Waals surface area (Å²) in [5.74, 6) is 5.64. The predicted octanol–water partition coefficient (Wildman–Crippen LogP) is 2.19. The molecule has 2 aromatic heterocycles. The Morgan fingerprint density at radius 2 is 2.24 bits per heavy atom. The Hall–Kier alpha value is -1.99. The third-order valence-electron chi connectivity index (χ3n) is 3.00. The molecule has 2 heterocycles. The van der Waals surface area contributed by atoms with E-state index in [1.807, 2.05) is 20.0 Å². The average molecular weight is 305 g/mol. The molecule has 0 bridgehead atoms. The third-order valence-corrected chi connectivity index (χ3v) is 4.33. The van der Waals surface area contributed by atoms with Crippen LogP contribution >= 0.6 is 11.3 Å². The molecule has 0 aliphatic heterocycles. The summed E-state index contributed by atoms with van der Waals surface area (Å²) in [7, 11) is 0. The van der Waals surface area contributed by atoms with Crippen LogP contribution in [-0.2, 0) is 6.42 Å². The highest BCUT2D eigenvalue weighted by Gasteiger charge is 2.15. The molecular weight excluding hydrogens is 286 g/mol. The second-order valence-corrected chi connectivity index (χ2v) is 5.89. The summed E-state index contributed by atoms with van der Waals surface area (Å²) in [5.41, 5.74) is 3.71. The van der Waals surface area contributed by atoms with Crippen molar-refractivity contribution in [2.45, 2.75) is 33.2 Å². The number of nitrogen functional groups attached to an aromatic ring is 1. The van der Waals surface area contributed by atoms with E-state index in [0.29, 0.717) is 11.4 Å². The first-order chi connectivity index (χ1) is 10.0. The van der Waals surface area contributed by atoms with Crippen LogP contribution in [0, 0.1) is 6.92 Å². The van der Waals surface area contributed by atoms with Gasteiger partial charge >= 0.3 is 0 Å². The fourth-order valence-corrected chi connectivity index (χ4v) is 2.76. The van der Waals surface area contributed by atoms with Gasteiger partial charge in [-0.2, -0.15) is 0 Å². The number of nitrogens with two attached hydrogens (primary N) is 1. The van der Waals surface area contributed by atoms with E-state index in [9.17, 15) is 4.79 Å². The van der Waals surface area contributed by atoms with Crippen LogP contribution in [0.25, 0.3) is 0 Å². The summed E-state index contributed by atoms with van der Waals surface area (Å²) in [4.78, 5) is 22.0. The van der Waals surface area contributed by atoms with Crippen molar-refractivity contribution in [1.29, 1.82) is 0 Å². The number of rotatable bonds is 5. The zero-order valence-corrected chi connectivity index (χ0v) is 13.1. The second kappa shape index (κ2) is 6.64. The Kier molecular flexibility index (Phi) is 4.87. The molecule has 1 unspecified atom stereocenters. The summed E-state index contributed by atoms with van der Waals surface area (Å²) in [6, 6.07) is 3.21. The van der Waals surface area contributed by atoms with Crippen LogP contribution in [0.1, 0.15) is 45.8 Å². The SMILES string of the molecule is CCc1cnc(C(C)NC(=O)c2cc(C)nc(NN)c2)s1. The molecule has 0 saturated heterocycles. The first-order valence-electron chi connectivity index (χ1n) is 6.74. The van der Waals surface area contributed by atoms with E-state index < -0.39 is 0 Å². The first-order valence-corrected chi connectivity index (χ1v) is 7.56. The van der Waals surface area contributed by atoms with Gasteiger partial charge in [-0.1, -0.05) is 6.92 Å². The summed E-state index contributed by atoms with van der Waals surface area (Å²) in [6.45, 7) is 5.82. The lowest BCUT2D eigenvalue weighted by molar-refractivity contribution is 0.0939. The lowest BCUT2D eigenvalue weighted by Gasteiger charge is -2.12. The average Bonchev–Trinajstić information content (AvgIpc) is 2.95. The Balaban J connectivity index is 2.11. The van der Waals surface area contributed by atoms with Gasteiger partial charge in [-0.25, -0.2) is 15.8 Å². The van der Waals surface area contributed by atoms with Crippen LogP contribution in [0.15, 0.2) is 18.3 Å². The zero-order valence-electron chi connectivity index (χ0n) is 12.3. The van der Waals surface area contributed by atoms with Gasteiger partial charge in [0, 0.05) is 22.3 Å². The molecule has 112 valence electrons. The summed E-state index contributed by atoms with van der Waals surface area (Å²) >= 11 is 1.62. The summed E-state index contributed by atoms with van der Waals surface area (Å²) < 4.78 is 0. The van der Waals surface area contributed by atoms with Gasteiger partial charge in [-0.15, -0.1) is 11.3 Å². The number of aryl methyl sites for hydroxylation is 2. The maximum Gasteiger partial charge on any atom is 0.252 e. The van der Waals surface area contributed by atoms with Crippen molar-refractivity contribution in [2.24, 2.45) is 5.84 Å². The molecule has 0 aliphatic rings. The van der Waals surface area contributed by atoms with E-state index in [1.54, 1.807) is 23.5 Å². The van der Waals surface area contributed by atoms with E-state index in [4.69, 9.17) is 5.84 Å². The maximum absolute atomic E-state index is 12.3. The van der Waals surface area contributed by atoms with Crippen LogP contribution < -0.4 is 16.6 Å². The largest absolute Gasteiger partial charge is 0.343 e. The standard InChI is InChI=1S/C14H19N5OS/c1-4-11-7-16-14(21-11)9(3)18-13(20)10-5-8(2)17-12(6-10)19-15/h5-7,9H,4,15H2,1-3H3,(H,17,19)(H,18,20). The molecule has 2 rings (SSSR count). The monoisotopic (exact) mass is 305 g/mol. The van der Waals surface area contributed by atoms with Gasteiger partial charge in [0.15, 0.2) is 0 Å². The molecule has 2 aromatic rings. The Labute approximate surface area is 127 Å². The maximum atomic E-state index is 12.3. The Bertz CT molecular complexity index is 640. The predicted molar refractivity (Wildman–Crippen MR) is 84.2 cm³/mol. The number of pyridine rings is 1. The molecule has 7 heteroatoms. The molecule has 4 N–H and O–H groups in total. The molecule has 0 fully saturated rings. The number of anilines is 1. The van der Waals surface area contributed by atoms with E-state index in [0.717, 1.165) is 17.1 Å². The minimum Gasteiger partial charge on any atom is -0.343 e. The minimum absolute atomic E-state index is 0.134. The van der Waals surface area contributed by atoms with E-state index in [2.05, 4.69) is 27.6 Å². The number of carbonyl (C=O) groups excluding carboxylic acids is 1. The fraction of sp³-hybridized carbons (Fsp3) is 0.357. The Morgan fingerprint density at radius 1 is 1.48 bits per heavy atom. The van der Waals surface area contributed by atoms with Gasteiger partial charge in [0.1, 0.15) is 10.8 Å². The zero-order chi connectivity index (χ0) is 15.4. The summed E-state index contributed by atoms with van der Waals surface area (Å²) in [5, 5.41) is 3.85. The molecular formula is C14H19N5OS. The van der Waals surface area contributed by atoms with E-state index in [1.165, 1.54) is 4.88 Å². The van der Waals surface area contributed by atoms with Crippen molar-refractivity contribution in [3.05, 3.63) is 39.5 Å². The van der Waals surface area contributed by atoms with Gasteiger partial charge in [0.05, 0.1) is 6.04 Å². The van der Waals surface area contributed by atoms with Gasteiger partial charge in [-0.05, 0) is 32.4 Å². The molecule has 0 aliphatic carbocycles. The molecule has 6 nitrogen and oxygen atoms in total. The quantitative estimate of drug-likeness (QED) is 0.581. The fourth-order valence-electron chi connectivity index (χ4n) is 1.90. The molecule has 0 aromatic carbocycles. The van der Waals surface area contributed by atoms with E-state index in [-0.39, 0.29) is 11.9 Å². The number of carbonyl (C=O) groups is 1. The molecule has 1 amide bonds. The van der Waals surface area contributed by atoms with Crippen LogP contribution in [-0.4, -0.2) is 15.9 Å². The lowest BCUT2D eigenvalue weighted by atomic mass is 10.2.